The van der Waals surface area contributed by atoms with Gasteiger partial charge < -0.3 is 43.8 Å². The molecular weight excluding hydrogens is 492 g/mol. The van der Waals surface area contributed by atoms with E-state index in [4.69, 9.17) is 23.4 Å². The van der Waals surface area contributed by atoms with Gasteiger partial charge in [0.05, 0.1) is 6.10 Å². The van der Waals surface area contributed by atoms with Crippen LogP contribution in [0.2, 0.25) is 0 Å². The molecule has 2 aromatic carbocycles. The van der Waals surface area contributed by atoms with Crippen molar-refractivity contribution in [3.63, 3.8) is 0 Å². The number of aliphatic hydroxyl groups excluding tert-OH is 1. The van der Waals surface area contributed by atoms with Crippen LogP contribution in [-0.4, -0.2) is 63.1 Å². The molecule has 0 aliphatic carbocycles. The van der Waals surface area contributed by atoms with Gasteiger partial charge in [0.2, 0.25) is 17.5 Å². The zero-order chi connectivity index (χ0) is 27.0. The Balaban J connectivity index is 1.83. The number of carbonyl (C=O) groups is 2. The summed E-state index contributed by atoms with van der Waals surface area (Å²) in [5.41, 5.74) is -0.761. The Hall–Kier alpha value is -4.29. The molecule has 0 radical (unpaired) electrons. The van der Waals surface area contributed by atoms with Gasteiger partial charge >= 0.3 is 11.9 Å². The van der Waals surface area contributed by atoms with E-state index < -0.39 is 59.6 Å². The van der Waals surface area contributed by atoms with Crippen LogP contribution in [0.1, 0.15) is 20.8 Å². The first-order valence-corrected chi connectivity index (χ1v) is 11.1. The van der Waals surface area contributed by atoms with Gasteiger partial charge in [0, 0.05) is 31.5 Å². The molecule has 1 saturated heterocycles. The second-order valence-corrected chi connectivity index (χ2v) is 8.44. The highest BCUT2D eigenvalue weighted by atomic mass is 16.7. The number of rotatable bonds is 5. The quantitative estimate of drug-likeness (QED) is 0.362. The fourth-order valence-electron chi connectivity index (χ4n) is 4.06. The summed E-state index contributed by atoms with van der Waals surface area (Å²) in [5, 5.41) is 40.5. The maximum Gasteiger partial charge on any atom is 0.303 e. The highest BCUT2D eigenvalue weighted by Crippen LogP contribution is 2.37. The summed E-state index contributed by atoms with van der Waals surface area (Å²) in [6, 6.07) is 7.58. The third-order valence-electron chi connectivity index (χ3n) is 5.64. The Labute approximate surface area is 209 Å². The van der Waals surface area contributed by atoms with E-state index in [9.17, 15) is 34.8 Å². The lowest BCUT2D eigenvalue weighted by atomic mass is 9.99. The van der Waals surface area contributed by atoms with Crippen molar-refractivity contribution in [2.24, 2.45) is 0 Å². The van der Waals surface area contributed by atoms with Crippen molar-refractivity contribution in [2.45, 2.75) is 51.5 Å². The standard InChI is InChI=1S/C25H24O12/c1-10-21(34-11(2)26)24(35-12(3)27)20(32)25(33-10)37-23-19(31)18-16(30)8-15(29)9-17(18)36-22(23)13-4-6-14(28)7-5-13/h4-10,20-21,24-25,28-30,32H,1-3H3/t10-,20-,21-,24+,25-/m0/s1. The molecule has 0 unspecified atom stereocenters. The summed E-state index contributed by atoms with van der Waals surface area (Å²) in [6.45, 7) is 3.73. The number of phenolic OH excluding ortho intramolecular Hbond substituents is 3. The summed E-state index contributed by atoms with van der Waals surface area (Å²) in [6.07, 6.45) is -6.85. The van der Waals surface area contributed by atoms with E-state index in [0.29, 0.717) is 0 Å². The Bertz CT molecular complexity index is 1390. The molecule has 4 N–H and O–H groups in total. The molecule has 4 rings (SSSR count). The summed E-state index contributed by atoms with van der Waals surface area (Å²) in [7, 11) is 0. The van der Waals surface area contributed by atoms with Gasteiger partial charge in [0.25, 0.3) is 0 Å². The van der Waals surface area contributed by atoms with E-state index in [1.54, 1.807) is 0 Å². The second-order valence-electron chi connectivity index (χ2n) is 8.44. The maximum absolute atomic E-state index is 13.5. The highest BCUT2D eigenvalue weighted by Gasteiger charge is 2.49. The van der Waals surface area contributed by atoms with Crippen LogP contribution in [-0.2, 0) is 23.8 Å². The van der Waals surface area contributed by atoms with Crippen molar-refractivity contribution in [2.75, 3.05) is 0 Å². The normalized spacial score (nSPS) is 23.4. The number of ether oxygens (including phenoxy) is 4. The Morgan fingerprint density at radius 2 is 1.54 bits per heavy atom. The smallest absolute Gasteiger partial charge is 0.303 e. The molecule has 12 heteroatoms. The zero-order valence-electron chi connectivity index (χ0n) is 19.9. The van der Waals surface area contributed by atoms with Crippen molar-refractivity contribution >= 4 is 22.9 Å². The van der Waals surface area contributed by atoms with Gasteiger partial charge in [-0.1, -0.05) is 0 Å². The van der Waals surface area contributed by atoms with E-state index in [0.717, 1.165) is 26.0 Å². The minimum Gasteiger partial charge on any atom is -0.508 e. The first-order valence-electron chi connectivity index (χ1n) is 11.1. The first-order chi connectivity index (χ1) is 17.5. The largest absolute Gasteiger partial charge is 0.508 e. The summed E-state index contributed by atoms with van der Waals surface area (Å²) < 4.78 is 27.7. The van der Waals surface area contributed by atoms with Gasteiger partial charge in [-0.3, -0.25) is 14.4 Å². The topological polar surface area (TPSA) is 182 Å². The summed E-state index contributed by atoms with van der Waals surface area (Å²) in [5.74, 6) is -3.14. The number of esters is 2. The first kappa shape index (κ1) is 25.8. The molecule has 0 bridgehead atoms. The maximum atomic E-state index is 13.5. The van der Waals surface area contributed by atoms with Crippen LogP contribution in [0.25, 0.3) is 22.3 Å². The molecule has 1 aromatic heterocycles. The fraction of sp³-hybridized carbons (Fsp3) is 0.320. The predicted octanol–water partition coefficient (Wildman–Crippen LogP) is 1.92. The third kappa shape index (κ3) is 5.15. The van der Waals surface area contributed by atoms with Gasteiger partial charge in [-0.2, -0.15) is 0 Å². The molecule has 37 heavy (non-hydrogen) atoms. The molecular formula is C25H24O12. The van der Waals surface area contributed by atoms with E-state index >= 15 is 0 Å². The zero-order valence-corrected chi connectivity index (χ0v) is 19.9. The van der Waals surface area contributed by atoms with Crippen molar-refractivity contribution in [3.05, 3.63) is 46.6 Å². The molecule has 1 aliphatic heterocycles. The van der Waals surface area contributed by atoms with Crippen LogP contribution in [0, 0.1) is 0 Å². The number of hydrogen-bond acceptors (Lipinski definition) is 12. The molecule has 12 nitrogen and oxygen atoms in total. The van der Waals surface area contributed by atoms with Gasteiger partial charge in [0.1, 0.15) is 28.2 Å². The number of carbonyl (C=O) groups excluding carboxylic acids is 2. The number of benzene rings is 2. The summed E-state index contributed by atoms with van der Waals surface area (Å²) >= 11 is 0. The van der Waals surface area contributed by atoms with Crippen molar-refractivity contribution in [3.8, 4) is 34.3 Å². The monoisotopic (exact) mass is 516 g/mol. The Kier molecular flexibility index (Phi) is 6.96. The number of aliphatic hydroxyl groups is 1. The van der Waals surface area contributed by atoms with Crippen LogP contribution in [0.5, 0.6) is 23.0 Å². The lowest BCUT2D eigenvalue weighted by molar-refractivity contribution is -0.276. The van der Waals surface area contributed by atoms with E-state index in [-0.39, 0.29) is 33.8 Å². The molecule has 0 saturated carbocycles. The van der Waals surface area contributed by atoms with Crippen LogP contribution in [0.15, 0.2) is 45.6 Å². The lowest BCUT2D eigenvalue weighted by Crippen LogP contribution is -2.61. The van der Waals surface area contributed by atoms with E-state index in [1.807, 2.05) is 0 Å². The van der Waals surface area contributed by atoms with Crippen LogP contribution >= 0.6 is 0 Å². The minimum atomic E-state index is -1.72. The van der Waals surface area contributed by atoms with Crippen LogP contribution in [0.4, 0.5) is 0 Å². The minimum absolute atomic E-state index is 0.0646. The highest BCUT2D eigenvalue weighted by molar-refractivity contribution is 5.88. The molecule has 3 aromatic rings. The second kappa shape index (κ2) is 9.99. The van der Waals surface area contributed by atoms with Crippen LogP contribution < -0.4 is 10.2 Å². The molecule has 0 spiro atoms. The molecule has 0 amide bonds. The third-order valence-corrected chi connectivity index (χ3v) is 5.64. The molecule has 5 atom stereocenters. The van der Waals surface area contributed by atoms with Gasteiger partial charge in [-0.05, 0) is 31.2 Å². The summed E-state index contributed by atoms with van der Waals surface area (Å²) in [4.78, 5) is 36.8. The molecule has 1 aliphatic rings. The number of fused-ring (bicyclic) bond motifs is 1. The SMILES string of the molecule is CC(=O)O[C@@H]1[C@H](O)[C@H](Oc2c(-c3ccc(O)cc3)oc3cc(O)cc(O)c3c2=O)O[C@@H](C)[C@@H]1OC(C)=O. The lowest BCUT2D eigenvalue weighted by Gasteiger charge is -2.41. The van der Waals surface area contributed by atoms with Crippen LogP contribution in [0.3, 0.4) is 0 Å². The Morgan fingerprint density at radius 1 is 0.919 bits per heavy atom. The fourth-order valence-corrected chi connectivity index (χ4v) is 4.06. The van der Waals surface area contributed by atoms with E-state index in [2.05, 4.69) is 0 Å². The predicted molar refractivity (Wildman–Crippen MR) is 125 cm³/mol. The average Bonchev–Trinajstić information content (AvgIpc) is 2.80. The van der Waals surface area contributed by atoms with Crippen molar-refractivity contribution < 1.29 is 53.4 Å². The van der Waals surface area contributed by atoms with Crippen molar-refractivity contribution in [1.82, 2.24) is 0 Å². The molecule has 1 fully saturated rings. The van der Waals surface area contributed by atoms with Gasteiger partial charge in [-0.25, -0.2) is 0 Å². The van der Waals surface area contributed by atoms with Gasteiger partial charge in [-0.15, -0.1) is 0 Å². The van der Waals surface area contributed by atoms with Crippen molar-refractivity contribution in [1.29, 1.82) is 0 Å². The molecule has 2 heterocycles. The average molecular weight is 516 g/mol. The number of hydrogen-bond donors (Lipinski definition) is 4. The number of phenols is 3. The van der Waals surface area contributed by atoms with Gasteiger partial charge in [0.15, 0.2) is 24.1 Å². The molecule has 196 valence electrons. The Morgan fingerprint density at radius 3 is 2.16 bits per heavy atom. The number of aromatic hydroxyl groups is 3. The van der Waals surface area contributed by atoms with E-state index in [1.165, 1.54) is 31.2 Å².